The molecule has 9 heteroatoms. The van der Waals surface area contributed by atoms with Gasteiger partial charge in [0.25, 0.3) is 0 Å². The first-order valence-corrected chi connectivity index (χ1v) is 7.96. The summed E-state index contributed by atoms with van der Waals surface area (Å²) in [6, 6.07) is 3.74. The number of hydrogen-bond acceptors (Lipinski definition) is 6. The summed E-state index contributed by atoms with van der Waals surface area (Å²) in [6.07, 6.45) is 1.25. The number of pyridine rings is 1. The largest absolute Gasteiger partial charge is 0.447 e. The van der Waals surface area contributed by atoms with Gasteiger partial charge < -0.3 is 19.5 Å². The molecule has 138 valence electrons. The molecule has 0 unspecified atom stereocenters. The van der Waals surface area contributed by atoms with Gasteiger partial charge in [-0.15, -0.1) is 0 Å². The van der Waals surface area contributed by atoms with E-state index in [0.717, 1.165) is 11.3 Å². The van der Waals surface area contributed by atoms with Gasteiger partial charge in [0.1, 0.15) is 6.61 Å². The van der Waals surface area contributed by atoms with E-state index in [1.165, 1.54) is 0 Å². The fourth-order valence-electron chi connectivity index (χ4n) is 1.68. The van der Waals surface area contributed by atoms with Crippen LogP contribution in [0, 0.1) is 0 Å². The van der Waals surface area contributed by atoms with Crippen LogP contribution in [0.3, 0.4) is 0 Å². The molecule has 1 aromatic rings. The van der Waals surface area contributed by atoms with Gasteiger partial charge in [0.05, 0.1) is 32.1 Å². The Balaban J connectivity index is 2.15. The molecule has 0 saturated heterocycles. The Morgan fingerprint density at radius 2 is 2.00 bits per heavy atom. The average molecular weight is 351 g/mol. The molecule has 1 N–H and O–H groups in total. The van der Waals surface area contributed by atoms with Crippen LogP contribution in [-0.2, 0) is 27.4 Å². The molecule has 25 heavy (non-hydrogen) atoms. The van der Waals surface area contributed by atoms with Gasteiger partial charge >= 0.3 is 6.09 Å². The second kappa shape index (κ2) is 11.2. The summed E-state index contributed by atoms with van der Waals surface area (Å²) in [5.41, 5.74) is 9.52. The summed E-state index contributed by atoms with van der Waals surface area (Å²) in [5.74, 6) is 0. The highest BCUT2D eigenvalue weighted by Gasteiger charge is 2.14. The molecule has 0 aromatic carbocycles. The Hall–Kier alpha value is -2.35. The lowest BCUT2D eigenvalue weighted by atomic mass is 10.1. The molecule has 0 fully saturated rings. The summed E-state index contributed by atoms with van der Waals surface area (Å²) in [4.78, 5) is 18.3. The molecule has 0 aliphatic heterocycles. The Bertz CT molecular complexity index is 565. The standard InChI is InChI=1S/C16H25N5O4/c1-16(2,3)20-15(22)25-9-8-24-11-13-4-5-14(18-10-13)12-23-7-6-19-21-17/h4-5,10H,6-9,11-12H2,1-3H3,(H,20,22). The van der Waals surface area contributed by atoms with Crippen LogP contribution >= 0.6 is 0 Å². The van der Waals surface area contributed by atoms with Crippen LogP contribution in [0.25, 0.3) is 10.4 Å². The molecule has 0 radical (unpaired) electrons. The van der Waals surface area contributed by atoms with E-state index in [4.69, 9.17) is 19.7 Å². The third kappa shape index (κ3) is 10.9. The average Bonchev–Trinajstić information content (AvgIpc) is 2.54. The number of aromatic nitrogens is 1. The van der Waals surface area contributed by atoms with Gasteiger partial charge in [0.15, 0.2) is 0 Å². The lowest BCUT2D eigenvalue weighted by Crippen LogP contribution is -2.41. The number of alkyl carbamates (subject to hydrolysis) is 1. The van der Waals surface area contributed by atoms with Crippen molar-refractivity contribution in [1.82, 2.24) is 10.3 Å². The molecular formula is C16H25N5O4. The van der Waals surface area contributed by atoms with Gasteiger partial charge in [-0.1, -0.05) is 11.2 Å². The second-order valence-electron chi connectivity index (χ2n) is 6.23. The minimum absolute atomic E-state index is 0.187. The third-order valence-corrected chi connectivity index (χ3v) is 2.74. The van der Waals surface area contributed by atoms with E-state index >= 15 is 0 Å². The first kappa shape index (κ1) is 20.7. The van der Waals surface area contributed by atoms with Crippen molar-refractivity contribution in [1.29, 1.82) is 0 Å². The highest BCUT2D eigenvalue weighted by atomic mass is 16.6. The molecule has 1 heterocycles. The molecule has 0 atom stereocenters. The van der Waals surface area contributed by atoms with Gasteiger partial charge in [-0.25, -0.2) is 4.79 Å². The normalized spacial score (nSPS) is 10.8. The molecule has 0 bridgehead atoms. The summed E-state index contributed by atoms with van der Waals surface area (Å²) < 4.78 is 15.8. The van der Waals surface area contributed by atoms with Gasteiger partial charge in [-0.05, 0) is 37.9 Å². The maximum absolute atomic E-state index is 11.4. The lowest BCUT2D eigenvalue weighted by molar-refractivity contribution is 0.0622. The second-order valence-corrected chi connectivity index (χ2v) is 6.23. The van der Waals surface area contributed by atoms with Gasteiger partial charge in [-0.2, -0.15) is 0 Å². The van der Waals surface area contributed by atoms with Crippen molar-refractivity contribution in [2.75, 3.05) is 26.4 Å². The van der Waals surface area contributed by atoms with Crippen molar-refractivity contribution in [3.8, 4) is 0 Å². The molecule has 1 rings (SSSR count). The maximum Gasteiger partial charge on any atom is 0.407 e. The first-order chi connectivity index (χ1) is 11.9. The highest BCUT2D eigenvalue weighted by Crippen LogP contribution is 2.04. The molecular weight excluding hydrogens is 326 g/mol. The van der Waals surface area contributed by atoms with Gasteiger partial charge in [0.2, 0.25) is 0 Å². The topological polar surface area (TPSA) is 118 Å². The van der Waals surface area contributed by atoms with E-state index in [-0.39, 0.29) is 12.1 Å². The van der Waals surface area contributed by atoms with Crippen LogP contribution in [0.4, 0.5) is 4.79 Å². The quantitative estimate of drug-likeness (QED) is 0.301. The minimum atomic E-state index is -0.456. The lowest BCUT2D eigenvalue weighted by Gasteiger charge is -2.19. The SMILES string of the molecule is CC(C)(C)NC(=O)OCCOCc1ccc(COCCN=[N+]=[N-])nc1. The summed E-state index contributed by atoms with van der Waals surface area (Å²) in [6.45, 7) is 7.55. The number of azide groups is 1. The Labute approximate surface area is 147 Å². The van der Waals surface area contributed by atoms with Crippen molar-refractivity contribution in [2.45, 2.75) is 39.5 Å². The predicted molar refractivity (Wildman–Crippen MR) is 91.8 cm³/mol. The summed E-state index contributed by atoms with van der Waals surface area (Å²) in [5, 5.41) is 6.08. The zero-order valence-electron chi connectivity index (χ0n) is 14.9. The number of carbonyl (C=O) groups is 1. The minimum Gasteiger partial charge on any atom is -0.447 e. The van der Waals surface area contributed by atoms with E-state index in [1.54, 1.807) is 6.20 Å². The predicted octanol–water partition coefficient (Wildman–Crippen LogP) is 2.95. The Kier molecular flexibility index (Phi) is 9.31. The van der Waals surface area contributed by atoms with E-state index in [2.05, 4.69) is 20.3 Å². The maximum atomic E-state index is 11.4. The monoisotopic (exact) mass is 351 g/mol. The van der Waals surface area contributed by atoms with E-state index in [1.807, 2.05) is 32.9 Å². The number of amides is 1. The summed E-state index contributed by atoms with van der Waals surface area (Å²) in [7, 11) is 0. The van der Waals surface area contributed by atoms with Gasteiger partial charge in [-0.3, -0.25) is 4.98 Å². The summed E-state index contributed by atoms with van der Waals surface area (Å²) >= 11 is 0. The van der Waals surface area contributed by atoms with Crippen molar-refractivity contribution in [3.63, 3.8) is 0 Å². The number of carbonyl (C=O) groups excluding carboxylic acids is 1. The van der Waals surface area contributed by atoms with E-state index in [9.17, 15) is 4.79 Å². The van der Waals surface area contributed by atoms with Crippen LogP contribution in [0.5, 0.6) is 0 Å². The van der Waals surface area contributed by atoms with Crippen LogP contribution < -0.4 is 5.32 Å². The number of hydrogen-bond donors (Lipinski definition) is 1. The molecule has 0 spiro atoms. The molecule has 0 aliphatic carbocycles. The Morgan fingerprint density at radius 1 is 1.24 bits per heavy atom. The molecule has 0 saturated carbocycles. The van der Waals surface area contributed by atoms with Crippen molar-refractivity contribution in [3.05, 3.63) is 40.0 Å². The van der Waals surface area contributed by atoms with Crippen molar-refractivity contribution >= 4 is 6.09 Å². The van der Waals surface area contributed by atoms with Crippen LogP contribution in [0.1, 0.15) is 32.0 Å². The van der Waals surface area contributed by atoms with Gasteiger partial charge in [0, 0.05) is 23.2 Å². The smallest absolute Gasteiger partial charge is 0.407 e. The molecule has 9 nitrogen and oxygen atoms in total. The van der Waals surface area contributed by atoms with E-state index in [0.29, 0.717) is 33.0 Å². The third-order valence-electron chi connectivity index (χ3n) is 2.74. The molecule has 1 amide bonds. The Morgan fingerprint density at radius 3 is 2.64 bits per heavy atom. The fourth-order valence-corrected chi connectivity index (χ4v) is 1.68. The zero-order valence-corrected chi connectivity index (χ0v) is 14.9. The zero-order chi connectivity index (χ0) is 18.5. The van der Waals surface area contributed by atoms with E-state index < -0.39 is 6.09 Å². The van der Waals surface area contributed by atoms with Crippen molar-refractivity contribution in [2.24, 2.45) is 5.11 Å². The van der Waals surface area contributed by atoms with Crippen LogP contribution in [0.2, 0.25) is 0 Å². The van der Waals surface area contributed by atoms with Crippen LogP contribution in [-0.4, -0.2) is 43.0 Å². The fraction of sp³-hybridized carbons (Fsp3) is 0.625. The molecule has 0 aliphatic rings. The number of nitrogens with zero attached hydrogens (tertiary/aromatic N) is 4. The van der Waals surface area contributed by atoms with Crippen molar-refractivity contribution < 1.29 is 19.0 Å². The number of nitrogens with one attached hydrogen (secondary N) is 1. The number of ether oxygens (including phenoxy) is 3. The first-order valence-electron chi connectivity index (χ1n) is 7.96. The number of rotatable bonds is 10. The molecule has 1 aromatic heterocycles. The highest BCUT2D eigenvalue weighted by molar-refractivity contribution is 5.67. The van der Waals surface area contributed by atoms with Crippen LogP contribution in [0.15, 0.2) is 23.4 Å².